The van der Waals surface area contributed by atoms with Crippen LogP contribution in [0.2, 0.25) is 0 Å². The van der Waals surface area contributed by atoms with Gasteiger partial charge >= 0.3 is 6.03 Å². The summed E-state index contributed by atoms with van der Waals surface area (Å²) < 4.78 is 0. The molecule has 114 valence electrons. The first-order chi connectivity index (χ1) is 10.0. The molecule has 0 aromatic heterocycles. The number of carbonyl (C=O) groups excluding carboxylic acids is 2. The van der Waals surface area contributed by atoms with Gasteiger partial charge in [0.15, 0.2) is 0 Å². The average molecular weight is 291 g/mol. The molecule has 1 aromatic rings. The second-order valence-corrected chi connectivity index (χ2v) is 5.35. The van der Waals surface area contributed by atoms with Gasteiger partial charge in [0.2, 0.25) is 5.91 Å². The van der Waals surface area contributed by atoms with Crippen molar-refractivity contribution >= 4 is 17.6 Å². The van der Waals surface area contributed by atoms with Crippen molar-refractivity contribution < 1.29 is 14.7 Å². The maximum atomic E-state index is 12.5. The first-order valence-corrected chi connectivity index (χ1v) is 7.09. The molecule has 0 aliphatic carbocycles. The number of para-hydroxylation sites is 1. The van der Waals surface area contributed by atoms with E-state index in [2.05, 4.69) is 5.32 Å². The van der Waals surface area contributed by atoms with Crippen molar-refractivity contribution in [2.24, 2.45) is 11.7 Å². The van der Waals surface area contributed by atoms with Crippen molar-refractivity contribution in [1.82, 2.24) is 4.90 Å². The fourth-order valence-electron chi connectivity index (χ4n) is 2.81. The van der Waals surface area contributed by atoms with Crippen molar-refractivity contribution in [3.8, 4) is 0 Å². The summed E-state index contributed by atoms with van der Waals surface area (Å²) in [5.74, 6) is -0.340. The number of fused-ring (bicyclic) bond motifs is 1. The number of amides is 3. The summed E-state index contributed by atoms with van der Waals surface area (Å²) in [4.78, 5) is 25.7. The highest BCUT2D eigenvalue weighted by atomic mass is 16.3. The van der Waals surface area contributed by atoms with E-state index in [9.17, 15) is 14.7 Å². The summed E-state index contributed by atoms with van der Waals surface area (Å²) in [6.45, 7) is 3.55. The lowest BCUT2D eigenvalue weighted by molar-refractivity contribution is -0.122. The molecule has 3 amide bonds. The number of anilines is 1. The molecule has 2 rings (SSSR count). The number of nitrogens with zero attached hydrogens (tertiary/aromatic N) is 1. The van der Waals surface area contributed by atoms with Crippen LogP contribution in [0.25, 0.3) is 0 Å². The number of benzene rings is 1. The Bertz CT molecular complexity index is 547. The van der Waals surface area contributed by atoms with Gasteiger partial charge in [-0.05, 0) is 12.0 Å². The van der Waals surface area contributed by atoms with Crippen molar-refractivity contribution in [3.63, 3.8) is 0 Å². The Morgan fingerprint density at radius 2 is 2.14 bits per heavy atom. The third kappa shape index (κ3) is 2.71. The van der Waals surface area contributed by atoms with Gasteiger partial charge in [-0.1, -0.05) is 38.5 Å². The molecule has 0 saturated heterocycles. The summed E-state index contributed by atoms with van der Waals surface area (Å²) in [5.41, 5.74) is 6.80. The minimum atomic E-state index is -0.703. The van der Waals surface area contributed by atoms with E-state index in [4.69, 9.17) is 5.73 Å². The van der Waals surface area contributed by atoms with Crippen LogP contribution in [-0.2, 0) is 4.79 Å². The number of aliphatic hydroxyl groups is 1. The van der Waals surface area contributed by atoms with Gasteiger partial charge in [-0.25, -0.2) is 4.79 Å². The largest absolute Gasteiger partial charge is 0.394 e. The van der Waals surface area contributed by atoms with Crippen LogP contribution in [0.4, 0.5) is 10.5 Å². The van der Waals surface area contributed by atoms with Crippen LogP contribution >= 0.6 is 0 Å². The molecular formula is C15H21N3O3. The highest BCUT2D eigenvalue weighted by molar-refractivity contribution is 5.99. The third-order valence-electron chi connectivity index (χ3n) is 4.09. The zero-order valence-corrected chi connectivity index (χ0v) is 12.2. The van der Waals surface area contributed by atoms with Gasteiger partial charge in [0, 0.05) is 11.3 Å². The Morgan fingerprint density at radius 1 is 1.48 bits per heavy atom. The number of urea groups is 1. The molecule has 3 atom stereocenters. The second-order valence-electron chi connectivity index (χ2n) is 5.35. The number of carbonyl (C=O) groups is 2. The number of hydrogen-bond donors (Lipinski definition) is 3. The van der Waals surface area contributed by atoms with Crippen molar-refractivity contribution in [2.45, 2.75) is 32.4 Å². The molecule has 4 N–H and O–H groups in total. The number of nitrogens with one attached hydrogen (secondary N) is 1. The van der Waals surface area contributed by atoms with Gasteiger partial charge in [0.1, 0.15) is 6.04 Å². The third-order valence-corrected chi connectivity index (χ3v) is 4.09. The minimum Gasteiger partial charge on any atom is -0.394 e. The van der Waals surface area contributed by atoms with Crippen molar-refractivity contribution in [2.75, 3.05) is 11.9 Å². The van der Waals surface area contributed by atoms with Gasteiger partial charge in [0.25, 0.3) is 0 Å². The van der Waals surface area contributed by atoms with E-state index in [0.717, 1.165) is 6.42 Å². The van der Waals surface area contributed by atoms with E-state index >= 15 is 0 Å². The summed E-state index contributed by atoms with van der Waals surface area (Å²) in [6.07, 6.45) is 0.719. The Morgan fingerprint density at radius 3 is 2.71 bits per heavy atom. The highest BCUT2D eigenvalue weighted by Gasteiger charge is 2.40. The molecule has 1 aliphatic rings. The zero-order valence-electron chi connectivity index (χ0n) is 12.2. The lowest BCUT2D eigenvalue weighted by Crippen LogP contribution is -2.53. The molecule has 0 spiro atoms. The Hall–Kier alpha value is -2.08. The molecule has 1 aliphatic heterocycles. The van der Waals surface area contributed by atoms with Crippen LogP contribution < -0.4 is 11.1 Å². The molecule has 0 bridgehead atoms. The predicted octanol–water partition coefficient (Wildman–Crippen LogP) is 1.47. The van der Waals surface area contributed by atoms with Crippen LogP contribution in [0, 0.1) is 5.92 Å². The van der Waals surface area contributed by atoms with E-state index < -0.39 is 18.1 Å². The van der Waals surface area contributed by atoms with E-state index in [1.807, 2.05) is 13.8 Å². The molecule has 6 heteroatoms. The molecule has 0 saturated carbocycles. The molecule has 21 heavy (non-hydrogen) atoms. The Kier molecular flexibility index (Phi) is 4.47. The van der Waals surface area contributed by atoms with Gasteiger partial charge in [-0.15, -0.1) is 0 Å². The molecule has 0 fully saturated rings. The van der Waals surface area contributed by atoms with Crippen LogP contribution in [0.3, 0.4) is 0 Å². The minimum absolute atomic E-state index is 0.0686. The number of nitrogens with two attached hydrogens (primary N) is 1. The maximum absolute atomic E-state index is 12.5. The fraction of sp³-hybridized carbons (Fsp3) is 0.467. The number of primary amides is 1. The maximum Gasteiger partial charge on any atom is 0.316 e. The lowest BCUT2D eigenvalue weighted by Gasteiger charge is -2.35. The molecule has 2 unspecified atom stereocenters. The second kappa shape index (κ2) is 6.13. The monoisotopic (exact) mass is 291 g/mol. The van der Waals surface area contributed by atoms with Crippen molar-refractivity contribution in [3.05, 3.63) is 29.8 Å². The first-order valence-electron chi connectivity index (χ1n) is 7.09. The van der Waals surface area contributed by atoms with Crippen LogP contribution in [0.1, 0.15) is 31.9 Å². The topological polar surface area (TPSA) is 95.7 Å². The highest BCUT2D eigenvalue weighted by Crippen LogP contribution is 2.34. The lowest BCUT2D eigenvalue weighted by atomic mass is 9.95. The number of hydrogen-bond acceptors (Lipinski definition) is 3. The smallest absolute Gasteiger partial charge is 0.316 e. The molecular weight excluding hydrogens is 270 g/mol. The fourth-order valence-corrected chi connectivity index (χ4v) is 2.81. The molecule has 1 aromatic carbocycles. The van der Waals surface area contributed by atoms with Gasteiger partial charge < -0.3 is 21.1 Å². The van der Waals surface area contributed by atoms with E-state index in [1.54, 1.807) is 24.3 Å². The zero-order chi connectivity index (χ0) is 15.6. The van der Waals surface area contributed by atoms with Gasteiger partial charge in [0.05, 0.1) is 12.6 Å². The van der Waals surface area contributed by atoms with Crippen LogP contribution in [-0.4, -0.2) is 34.6 Å². The van der Waals surface area contributed by atoms with E-state index in [0.29, 0.717) is 11.3 Å². The summed E-state index contributed by atoms with van der Waals surface area (Å²) in [5, 5.41) is 12.6. The molecule has 1 heterocycles. The van der Waals surface area contributed by atoms with Gasteiger partial charge in [-0.3, -0.25) is 4.79 Å². The molecule has 6 nitrogen and oxygen atoms in total. The number of rotatable bonds is 3. The van der Waals surface area contributed by atoms with E-state index in [-0.39, 0.29) is 18.4 Å². The van der Waals surface area contributed by atoms with Crippen molar-refractivity contribution in [1.29, 1.82) is 0 Å². The normalized spacial score (nSPS) is 23.0. The first kappa shape index (κ1) is 15.3. The summed E-state index contributed by atoms with van der Waals surface area (Å²) >= 11 is 0. The molecule has 0 radical (unpaired) electrons. The SMILES string of the molecule is CCC(C)[C@H]1C(=O)Nc2ccccc2C(CO)N1C(N)=O. The summed E-state index contributed by atoms with van der Waals surface area (Å²) in [6, 6.07) is 5.11. The standard InChI is InChI=1S/C15H21N3O3/c1-3-9(2)13-14(20)17-11-7-5-4-6-10(11)12(8-19)18(13)15(16)21/h4-7,9,12-13,19H,3,8H2,1-2H3,(H2,16,21)(H,17,20)/t9?,12?,13-/m0/s1. The summed E-state index contributed by atoms with van der Waals surface area (Å²) in [7, 11) is 0. The number of aliphatic hydroxyl groups excluding tert-OH is 1. The Balaban J connectivity index is 2.57. The van der Waals surface area contributed by atoms with Gasteiger partial charge in [-0.2, -0.15) is 0 Å². The Labute approximate surface area is 123 Å². The predicted molar refractivity (Wildman–Crippen MR) is 79.6 cm³/mol. The van der Waals surface area contributed by atoms with E-state index in [1.165, 1.54) is 4.90 Å². The van der Waals surface area contributed by atoms with Crippen LogP contribution in [0.15, 0.2) is 24.3 Å². The average Bonchev–Trinajstić information content (AvgIpc) is 2.59. The van der Waals surface area contributed by atoms with Crippen LogP contribution in [0.5, 0.6) is 0 Å². The quantitative estimate of drug-likeness (QED) is 0.786.